The van der Waals surface area contributed by atoms with E-state index in [1.54, 1.807) is 0 Å². The average Bonchev–Trinajstić information content (AvgIpc) is 3.37. The highest BCUT2D eigenvalue weighted by Gasteiger charge is 2.28. The molecule has 1 aliphatic carbocycles. The zero-order valence-electron chi connectivity index (χ0n) is 26.3. The third kappa shape index (κ3) is 6.28. The molecule has 1 saturated carbocycles. The van der Waals surface area contributed by atoms with Crippen LogP contribution in [0.2, 0.25) is 0 Å². The molecule has 3 saturated heterocycles. The van der Waals surface area contributed by atoms with Crippen molar-refractivity contribution < 1.29 is 0 Å². The maximum absolute atomic E-state index is 5.87. The van der Waals surface area contributed by atoms with Crippen LogP contribution >= 0.6 is 0 Å². The maximum atomic E-state index is 5.87. The molecule has 0 radical (unpaired) electrons. The first-order valence-electron chi connectivity index (χ1n) is 17.7. The second-order valence-electron chi connectivity index (χ2n) is 13.5. The second-order valence-corrected chi connectivity index (χ2v) is 13.5. The van der Waals surface area contributed by atoms with E-state index in [1.165, 1.54) is 130 Å². The summed E-state index contributed by atoms with van der Waals surface area (Å²) in [7, 11) is 0. The molecule has 3 heterocycles. The van der Waals surface area contributed by atoms with Crippen molar-refractivity contribution in [2.45, 2.75) is 96.3 Å². The van der Waals surface area contributed by atoms with Gasteiger partial charge >= 0.3 is 0 Å². The number of benzene rings is 3. The van der Waals surface area contributed by atoms with E-state index in [0.717, 1.165) is 50.6 Å². The second kappa shape index (κ2) is 13.7. The van der Waals surface area contributed by atoms with E-state index in [9.17, 15) is 0 Å². The molecule has 228 valence electrons. The summed E-state index contributed by atoms with van der Waals surface area (Å²) < 4.78 is 0. The summed E-state index contributed by atoms with van der Waals surface area (Å²) in [5.41, 5.74) is 2.19. The fourth-order valence-electron chi connectivity index (χ4n) is 8.15. The van der Waals surface area contributed by atoms with Gasteiger partial charge in [0.2, 0.25) is 5.96 Å². The predicted molar refractivity (Wildman–Crippen MR) is 183 cm³/mol. The van der Waals surface area contributed by atoms with Crippen molar-refractivity contribution in [3.63, 3.8) is 0 Å². The summed E-state index contributed by atoms with van der Waals surface area (Å²) in [6.45, 7) is 6.74. The van der Waals surface area contributed by atoms with Gasteiger partial charge in [-0.2, -0.15) is 0 Å². The van der Waals surface area contributed by atoms with Crippen LogP contribution in [0.1, 0.15) is 96.3 Å². The molecule has 0 bridgehead atoms. The number of aliphatic imine (C=N–C) groups is 2. The van der Waals surface area contributed by atoms with Crippen LogP contribution in [0, 0.1) is 5.92 Å². The van der Waals surface area contributed by atoms with E-state index >= 15 is 0 Å². The molecule has 3 aromatic rings. The van der Waals surface area contributed by atoms with E-state index in [2.05, 4.69) is 63.2 Å². The van der Waals surface area contributed by atoms with Crippen molar-refractivity contribution in [2.24, 2.45) is 15.9 Å². The van der Waals surface area contributed by atoms with Gasteiger partial charge in [0.1, 0.15) is 11.5 Å². The van der Waals surface area contributed by atoms with Crippen LogP contribution in [0.25, 0.3) is 21.5 Å². The lowest BCUT2D eigenvalue weighted by Crippen LogP contribution is -2.48. The molecule has 4 fully saturated rings. The number of likely N-dealkylation sites (tertiary alicyclic amines) is 3. The lowest BCUT2D eigenvalue weighted by atomic mass is 9.95. The van der Waals surface area contributed by atoms with E-state index < -0.39 is 0 Å². The third-order valence-corrected chi connectivity index (χ3v) is 10.5. The minimum atomic E-state index is 0.548. The number of hydrogen-bond donors (Lipinski definition) is 0. The van der Waals surface area contributed by atoms with Crippen molar-refractivity contribution in [1.82, 2.24) is 14.7 Å². The largest absolute Gasteiger partial charge is 0.360 e. The van der Waals surface area contributed by atoms with Crippen LogP contribution in [-0.2, 0) is 0 Å². The van der Waals surface area contributed by atoms with Gasteiger partial charge in [0.15, 0.2) is 0 Å². The first kappa shape index (κ1) is 28.7. The molecule has 0 aromatic heterocycles. The van der Waals surface area contributed by atoms with Crippen molar-refractivity contribution in [3.8, 4) is 0 Å². The first-order valence-corrected chi connectivity index (χ1v) is 17.7. The topological polar surface area (TPSA) is 34.4 Å². The normalized spacial score (nSPS) is 21.3. The molecule has 4 aliphatic rings. The Bertz CT molecular complexity index is 1410. The Hall–Kier alpha value is -3.08. The van der Waals surface area contributed by atoms with E-state index in [-0.39, 0.29) is 0 Å². The number of nitrogens with zero attached hydrogens (tertiary/aromatic N) is 5. The molecule has 7 rings (SSSR count). The fraction of sp³-hybridized carbons (Fsp3) is 0.579. The van der Waals surface area contributed by atoms with Crippen molar-refractivity contribution in [2.75, 3.05) is 39.3 Å². The van der Waals surface area contributed by atoms with Gasteiger partial charge in [-0.3, -0.25) is 0 Å². The standard InChI is InChI=1S/C38H51N5/c1-2-7-19-30(18-6-1)37(41-24-12-3-13-25-41)39-35-33-22-10-8-20-31(33)32-21-9-11-23-34(32)36(35)40-38(42-26-14-4-15-27-42)43-28-16-5-17-29-43/h8-11,20-23,30H,1-7,12-19,24-29H2. The van der Waals surface area contributed by atoms with Crippen LogP contribution in [0.5, 0.6) is 0 Å². The van der Waals surface area contributed by atoms with Gasteiger partial charge in [0.05, 0.1) is 5.69 Å². The molecule has 43 heavy (non-hydrogen) atoms. The molecule has 5 nitrogen and oxygen atoms in total. The van der Waals surface area contributed by atoms with Crippen molar-refractivity contribution in [1.29, 1.82) is 0 Å². The zero-order chi connectivity index (χ0) is 28.8. The SMILES string of the molecule is c1ccc2c(c1)c(N=C(C1CCCCCC1)N1CCCCC1)c(N=C(N1CCCCC1)N1CCCCC1)c1ccccc12. The molecule has 0 N–H and O–H groups in total. The van der Waals surface area contributed by atoms with Gasteiger partial charge in [0, 0.05) is 56.0 Å². The molecule has 0 atom stereocenters. The van der Waals surface area contributed by atoms with Gasteiger partial charge in [-0.1, -0.05) is 74.2 Å². The molecule has 5 heteroatoms. The Morgan fingerprint density at radius 2 is 0.837 bits per heavy atom. The van der Waals surface area contributed by atoms with E-state index in [4.69, 9.17) is 9.98 Å². The van der Waals surface area contributed by atoms with Crippen molar-refractivity contribution >= 4 is 44.7 Å². The molecule has 0 unspecified atom stereocenters. The highest BCUT2D eigenvalue weighted by molar-refractivity contribution is 6.20. The van der Waals surface area contributed by atoms with Crippen molar-refractivity contribution in [3.05, 3.63) is 48.5 Å². The molecule has 3 aliphatic heterocycles. The highest BCUT2D eigenvalue weighted by atomic mass is 15.4. The van der Waals surface area contributed by atoms with E-state index in [0.29, 0.717) is 5.92 Å². The molecule has 0 amide bonds. The Labute approximate surface area is 259 Å². The van der Waals surface area contributed by atoms with Gasteiger partial charge in [-0.25, -0.2) is 9.98 Å². The van der Waals surface area contributed by atoms with Crippen LogP contribution in [0.4, 0.5) is 11.4 Å². The summed E-state index contributed by atoms with van der Waals surface area (Å²) in [6.07, 6.45) is 19.5. The summed E-state index contributed by atoms with van der Waals surface area (Å²) in [4.78, 5) is 19.5. The lowest BCUT2D eigenvalue weighted by molar-refractivity contribution is 0.257. The summed E-state index contributed by atoms with van der Waals surface area (Å²) >= 11 is 0. The smallest absolute Gasteiger partial charge is 0.201 e. The molecular formula is C38H51N5. The number of guanidine groups is 1. The average molecular weight is 578 g/mol. The minimum Gasteiger partial charge on any atom is -0.360 e. The van der Waals surface area contributed by atoms with Gasteiger partial charge in [0.25, 0.3) is 0 Å². The van der Waals surface area contributed by atoms with Gasteiger partial charge in [-0.05, 0) is 81.4 Å². The number of piperidine rings is 3. The molecule has 0 spiro atoms. The minimum absolute atomic E-state index is 0.548. The summed E-state index contributed by atoms with van der Waals surface area (Å²) in [5.74, 6) is 3.10. The van der Waals surface area contributed by atoms with Crippen LogP contribution in [0.15, 0.2) is 58.5 Å². The third-order valence-electron chi connectivity index (χ3n) is 10.5. The molecule has 3 aromatic carbocycles. The van der Waals surface area contributed by atoms with Gasteiger partial charge in [-0.15, -0.1) is 0 Å². The fourth-order valence-corrected chi connectivity index (χ4v) is 8.15. The van der Waals surface area contributed by atoms with Crippen LogP contribution in [0.3, 0.4) is 0 Å². The quantitative estimate of drug-likeness (QED) is 0.135. The molecular weight excluding hydrogens is 526 g/mol. The Kier molecular flexibility index (Phi) is 9.13. The zero-order valence-corrected chi connectivity index (χ0v) is 26.3. The van der Waals surface area contributed by atoms with E-state index in [1.807, 2.05) is 0 Å². The summed E-state index contributed by atoms with van der Waals surface area (Å²) in [6, 6.07) is 18.0. The Morgan fingerprint density at radius 1 is 0.442 bits per heavy atom. The number of amidine groups is 1. The monoisotopic (exact) mass is 577 g/mol. The Balaban J connectivity index is 1.47. The summed E-state index contributed by atoms with van der Waals surface area (Å²) in [5, 5.41) is 5.08. The number of hydrogen-bond acceptors (Lipinski definition) is 2. The van der Waals surface area contributed by atoms with Gasteiger partial charge < -0.3 is 14.7 Å². The maximum Gasteiger partial charge on any atom is 0.201 e. The van der Waals surface area contributed by atoms with Crippen LogP contribution in [-0.4, -0.2) is 65.8 Å². The highest BCUT2D eigenvalue weighted by Crippen LogP contribution is 2.45. The van der Waals surface area contributed by atoms with Crippen LogP contribution < -0.4 is 0 Å². The number of rotatable bonds is 3. The first-order chi connectivity index (χ1) is 21.4. The predicted octanol–water partition coefficient (Wildman–Crippen LogP) is 9.44. The Morgan fingerprint density at radius 3 is 1.33 bits per heavy atom. The lowest BCUT2D eigenvalue weighted by Gasteiger charge is -2.38. The number of fused-ring (bicyclic) bond motifs is 3.